The van der Waals surface area contributed by atoms with Crippen LogP contribution in [0.5, 0.6) is 5.75 Å². The molecule has 22 heavy (non-hydrogen) atoms. The molecule has 1 N–H and O–H groups in total. The van der Waals surface area contributed by atoms with Gasteiger partial charge in [0, 0.05) is 13.1 Å². The van der Waals surface area contributed by atoms with Crippen LogP contribution in [0.3, 0.4) is 0 Å². The number of thiophene rings is 1. The number of β-amino-alcohol motifs (C(OH)–C–C–N with tert-alkyl or cyclic N) is 1. The summed E-state index contributed by atoms with van der Waals surface area (Å²) in [4.78, 5) is 0. The molecule has 1 aliphatic heterocycles. The average molecular weight is 343 g/mol. The molecule has 5 nitrogen and oxygen atoms in total. The van der Waals surface area contributed by atoms with Crippen LogP contribution in [0.2, 0.25) is 0 Å². The number of methoxy groups -OCH3 is 1. The molecule has 3 rings (SSSR count). The Hall–Kier alpha value is -1.48. The summed E-state index contributed by atoms with van der Waals surface area (Å²) in [6.45, 7) is -0.135. The molecule has 118 valence electrons. The van der Waals surface area contributed by atoms with E-state index in [2.05, 4.69) is 0 Å². The summed E-state index contributed by atoms with van der Waals surface area (Å²) >= 11 is 1.07. The molecular formula is C14H14FNO4S2. The van der Waals surface area contributed by atoms with Gasteiger partial charge in [0.15, 0.2) is 4.21 Å². The third-order valence-electron chi connectivity index (χ3n) is 3.65. The number of ether oxygens (including phenoxy) is 1. The van der Waals surface area contributed by atoms with E-state index < -0.39 is 21.4 Å². The van der Waals surface area contributed by atoms with Gasteiger partial charge in [0.25, 0.3) is 10.0 Å². The summed E-state index contributed by atoms with van der Waals surface area (Å²) in [6.07, 6.45) is 0. The number of halogens is 1. The lowest BCUT2D eigenvalue weighted by Crippen LogP contribution is -2.60. The van der Waals surface area contributed by atoms with Crippen LogP contribution in [-0.2, 0) is 15.6 Å². The predicted molar refractivity (Wildman–Crippen MR) is 79.9 cm³/mol. The molecule has 0 saturated carbocycles. The van der Waals surface area contributed by atoms with Gasteiger partial charge in [0.05, 0.1) is 7.11 Å². The zero-order valence-electron chi connectivity index (χ0n) is 11.7. The minimum absolute atomic E-state index is 0.0674. The molecule has 1 aromatic carbocycles. The topological polar surface area (TPSA) is 66.8 Å². The fraction of sp³-hybridized carbons (Fsp3) is 0.286. The average Bonchev–Trinajstić information content (AvgIpc) is 2.94. The van der Waals surface area contributed by atoms with Gasteiger partial charge in [0.2, 0.25) is 0 Å². The maximum absolute atomic E-state index is 12.9. The predicted octanol–water partition coefficient (Wildman–Crippen LogP) is 1.79. The van der Waals surface area contributed by atoms with Crippen LogP contribution in [-0.4, -0.2) is 38.0 Å². The van der Waals surface area contributed by atoms with Crippen molar-refractivity contribution in [3.63, 3.8) is 0 Å². The first-order valence-electron chi connectivity index (χ1n) is 6.47. The Morgan fingerprint density at radius 3 is 2.50 bits per heavy atom. The van der Waals surface area contributed by atoms with E-state index in [1.807, 2.05) is 0 Å². The van der Waals surface area contributed by atoms with Gasteiger partial charge in [-0.05, 0) is 29.1 Å². The SMILES string of the molecule is COc1ccsc1S(=O)(=O)N1CC(O)(c2ccc(F)cc2)C1. The molecule has 0 radical (unpaired) electrons. The first-order valence-corrected chi connectivity index (χ1v) is 8.79. The van der Waals surface area contributed by atoms with Crippen molar-refractivity contribution in [3.05, 3.63) is 47.1 Å². The lowest BCUT2D eigenvalue weighted by molar-refractivity contribution is -0.0648. The van der Waals surface area contributed by atoms with Crippen LogP contribution in [0.15, 0.2) is 39.9 Å². The van der Waals surface area contributed by atoms with Crippen molar-refractivity contribution in [2.24, 2.45) is 0 Å². The minimum atomic E-state index is -3.70. The van der Waals surface area contributed by atoms with Crippen molar-refractivity contribution in [2.75, 3.05) is 20.2 Å². The van der Waals surface area contributed by atoms with Gasteiger partial charge in [-0.1, -0.05) is 12.1 Å². The number of hydrogen-bond donors (Lipinski definition) is 1. The highest BCUT2D eigenvalue weighted by Gasteiger charge is 2.49. The summed E-state index contributed by atoms with van der Waals surface area (Å²) in [5.41, 5.74) is -0.788. The van der Waals surface area contributed by atoms with Gasteiger partial charge in [-0.25, -0.2) is 12.8 Å². The van der Waals surface area contributed by atoms with Crippen molar-refractivity contribution in [2.45, 2.75) is 9.81 Å². The molecule has 8 heteroatoms. The lowest BCUT2D eigenvalue weighted by Gasteiger charge is -2.45. The summed E-state index contributed by atoms with van der Waals surface area (Å²) in [6, 6.07) is 7.00. The normalized spacial score (nSPS) is 18.0. The van der Waals surface area contributed by atoms with E-state index in [4.69, 9.17) is 4.74 Å². The fourth-order valence-corrected chi connectivity index (χ4v) is 5.35. The molecule has 0 spiro atoms. The Morgan fingerprint density at radius 1 is 1.27 bits per heavy atom. The molecule has 1 saturated heterocycles. The van der Waals surface area contributed by atoms with Gasteiger partial charge in [0.1, 0.15) is 17.2 Å². The number of nitrogens with zero attached hydrogens (tertiary/aromatic N) is 1. The highest BCUT2D eigenvalue weighted by Crippen LogP contribution is 2.39. The van der Waals surface area contributed by atoms with E-state index in [1.54, 1.807) is 11.4 Å². The Bertz CT molecular complexity index is 779. The maximum atomic E-state index is 12.9. The molecule has 1 aliphatic rings. The van der Waals surface area contributed by atoms with Crippen LogP contribution >= 0.6 is 11.3 Å². The second-order valence-electron chi connectivity index (χ2n) is 5.09. The standard InChI is InChI=1S/C14H14FNO4S2/c1-20-12-6-7-21-13(12)22(18,19)16-8-14(17,9-16)10-2-4-11(15)5-3-10/h2-7,17H,8-9H2,1H3. The molecule has 1 fully saturated rings. The van der Waals surface area contributed by atoms with Gasteiger partial charge in [-0.15, -0.1) is 11.3 Å². The molecule has 0 atom stereocenters. The maximum Gasteiger partial charge on any atom is 0.256 e. The zero-order valence-corrected chi connectivity index (χ0v) is 13.3. The molecule has 0 amide bonds. The summed E-state index contributed by atoms with van der Waals surface area (Å²) in [5.74, 6) is -0.110. The molecule has 0 unspecified atom stereocenters. The Balaban J connectivity index is 1.81. The first-order chi connectivity index (χ1) is 10.4. The van der Waals surface area contributed by atoms with Crippen LogP contribution in [0.4, 0.5) is 4.39 Å². The van der Waals surface area contributed by atoms with E-state index in [-0.39, 0.29) is 17.3 Å². The van der Waals surface area contributed by atoms with E-state index in [0.29, 0.717) is 11.3 Å². The second kappa shape index (κ2) is 5.31. The monoisotopic (exact) mass is 343 g/mol. The summed E-state index contributed by atoms with van der Waals surface area (Å²) < 4.78 is 44.3. The van der Waals surface area contributed by atoms with E-state index in [0.717, 1.165) is 11.3 Å². The highest BCUT2D eigenvalue weighted by molar-refractivity contribution is 7.91. The Kier molecular flexibility index (Phi) is 3.72. The highest BCUT2D eigenvalue weighted by atomic mass is 32.2. The van der Waals surface area contributed by atoms with Gasteiger partial charge in [-0.3, -0.25) is 0 Å². The van der Waals surface area contributed by atoms with Gasteiger partial charge >= 0.3 is 0 Å². The number of benzene rings is 1. The summed E-state index contributed by atoms with van der Waals surface area (Å²) in [5, 5.41) is 12.1. The van der Waals surface area contributed by atoms with Crippen LogP contribution in [0, 0.1) is 5.82 Å². The third-order valence-corrected chi connectivity index (χ3v) is 6.86. The van der Waals surface area contributed by atoms with Crippen LogP contribution < -0.4 is 4.74 Å². The van der Waals surface area contributed by atoms with E-state index in [1.165, 1.54) is 35.7 Å². The third kappa shape index (κ3) is 2.41. The summed E-state index contributed by atoms with van der Waals surface area (Å²) in [7, 11) is -2.29. The molecule has 2 heterocycles. The quantitative estimate of drug-likeness (QED) is 0.919. The van der Waals surface area contributed by atoms with Gasteiger partial charge in [-0.2, -0.15) is 4.31 Å². The zero-order chi connectivity index (χ0) is 16.0. The number of sulfonamides is 1. The molecular weight excluding hydrogens is 329 g/mol. The van der Waals surface area contributed by atoms with E-state index in [9.17, 15) is 17.9 Å². The molecule has 1 aromatic heterocycles. The second-order valence-corrected chi connectivity index (χ2v) is 8.14. The van der Waals surface area contributed by atoms with Crippen molar-refractivity contribution in [1.29, 1.82) is 0 Å². The first kappa shape index (κ1) is 15.4. The van der Waals surface area contributed by atoms with Crippen molar-refractivity contribution in [3.8, 4) is 5.75 Å². The van der Waals surface area contributed by atoms with E-state index >= 15 is 0 Å². The fourth-order valence-electron chi connectivity index (χ4n) is 2.39. The number of hydrogen-bond acceptors (Lipinski definition) is 5. The van der Waals surface area contributed by atoms with Crippen molar-refractivity contribution in [1.82, 2.24) is 4.31 Å². The van der Waals surface area contributed by atoms with Gasteiger partial charge < -0.3 is 9.84 Å². The number of aliphatic hydroxyl groups is 1. The smallest absolute Gasteiger partial charge is 0.256 e. The minimum Gasteiger partial charge on any atom is -0.494 e. The Labute approximate surface area is 131 Å². The van der Waals surface area contributed by atoms with Crippen molar-refractivity contribution < 1.29 is 22.7 Å². The Morgan fingerprint density at radius 2 is 1.91 bits per heavy atom. The molecule has 2 aromatic rings. The molecule has 0 aliphatic carbocycles. The largest absolute Gasteiger partial charge is 0.494 e. The lowest BCUT2D eigenvalue weighted by atomic mass is 9.88. The van der Waals surface area contributed by atoms with Crippen LogP contribution in [0.25, 0.3) is 0 Å². The van der Waals surface area contributed by atoms with Crippen LogP contribution in [0.1, 0.15) is 5.56 Å². The number of rotatable bonds is 4. The van der Waals surface area contributed by atoms with Crippen molar-refractivity contribution >= 4 is 21.4 Å². The molecule has 0 bridgehead atoms.